The molecule has 0 radical (unpaired) electrons. The Labute approximate surface area is 52.1 Å². The SMILES string of the molecule is CC(O)C(O)CCP. The lowest BCUT2D eigenvalue weighted by molar-refractivity contribution is 0.0301. The molecular formula is C5H13O2P. The van der Waals surface area contributed by atoms with Crippen LogP contribution in [0.5, 0.6) is 0 Å². The zero-order chi connectivity index (χ0) is 6.57. The van der Waals surface area contributed by atoms with Crippen LogP contribution in [0.2, 0.25) is 0 Å². The molecule has 0 amide bonds. The van der Waals surface area contributed by atoms with Crippen LogP contribution >= 0.6 is 9.24 Å². The Hall–Kier alpha value is 0.350. The molecule has 0 aromatic heterocycles. The first-order chi connectivity index (χ1) is 3.68. The summed E-state index contributed by atoms with van der Waals surface area (Å²) >= 11 is 0. The highest BCUT2D eigenvalue weighted by Gasteiger charge is 2.07. The molecule has 0 aromatic carbocycles. The van der Waals surface area contributed by atoms with E-state index in [0.29, 0.717) is 6.42 Å². The van der Waals surface area contributed by atoms with Crippen LogP contribution in [0.3, 0.4) is 0 Å². The van der Waals surface area contributed by atoms with E-state index in [0.717, 1.165) is 6.16 Å². The van der Waals surface area contributed by atoms with Crippen LogP contribution in [-0.2, 0) is 0 Å². The zero-order valence-corrected chi connectivity index (χ0v) is 6.20. The Bertz CT molecular complexity index is 56.4. The summed E-state index contributed by atoms with van der Waals surface area (Å²) in [5.41, 5.74) is 0. The van der Waals surface area contributed by atoms with Crippen molar-refractivity contribution < 1.29 is 10.2 Å². The molecule has 50 valence electrons. The van der Waals surface area contributed by atoms with Gasteiger partial charge in [-0.3, -0.25) is 0 Å². The van der Waals surface area contributed by atoms with Crippen molar-refractivity contribution >= 4 is 9.24 Å². The molecule has 0 aliphatic carbocycles. The molecule has 3 heteroatoms. The highest BCUT2D eigenvalue weighted by molar-refractivity contribution is 7.16. The average Bonchev–Trinajstić information content (AvgIpc) is 1.67. The highest BCUT2D eigenvalue weighted by atomic mass is 31.0. The lowest BCUT2D eigenvalue weighted by atomic mass is 10.2. The first-order valence-electron chi connectivity index (χ1n) is 2.74. The van der Waals surface area contributed by atoms with Gasteiger partial charge in [0.15, 0.2) is 0 Å². The summed E-state index contributed by atoms with van der Waals surface area (Å²) < 4.78 is 0. The fourth-order valence-corrected chi connectivity index (χ4v) is 0.753. The molecule has 0 saturated carbocycles. The predicted octanol–water partition coefficient (Wildman–Crippen LogP) is -0.00670. The molecule has 2 N–H and O–H groups in total. The van der Waals surface area contributed by atoms with Gasteiger partial charge >= 0.3 is 0 Å². The van der Waals surface area contributed by atoms with Gasteiger partial charge in [-0.1, -0.05) is 0 Å². The fraction of sp³-hybridized carbons (Fsp3) is 1.00. The lowest BCUT2D eigenvalue weighted by Gasteiger charge is -2.10. The van der Waals surface area contributed by atoms with Gasteiger partial charge in [-0.05, 0) is 19.5 Å². The summed E-state index contributed by atoms with van der Waals surface area (Å²) in [5, 5.41) is 17.6. The Morgan fingerprint density at radius 3 is 2.12 bits per heavy atom. The van der Waals surface area contributed by atoms with Crippen LogP contribution in [0.25, 0.3) is 0 Å². The standard InChI is InChI=1S/C5H13O2P/c1-4(6)5(7)2-3-8/h4-7H,2-3,8H2,1H3. The predicted molar refractivity (Wildman–Crippen MR) is 36.9 cm³/mol. The highest BCUT2D eigenvalue weighted by Crippen LogP contribution is 1.99. The van der Waals surface area contributed by atoms with Gasteiger partial charge in [-0.15, -0.1) is 9.24 Å². The van der Waals surface area contributed by atoms with Crippen molar-refractivity contribution in [1.29, 1.82) is 0 Å². The number of hydrogen-bond donors (Lipinski definition) is 2. The van der Waals surface area contributed by atoms with E-state index in [1.807, 2.05) is 0 Å². The number of rotatable bonds is 3. The quantitative estimate of drug-likeness (QED) is 0.536. The number of hydrogen-bond acceptors (Lipinski definition) is 2. The van der Waals surface area contributed by atoms with E-state index in [4.69, 9.17) is 10.2 Å². The molecule has 0 rings (SSSR count). The molecule has 0 heterocycles. The van der Waals surface area contributed by atoms with E-state index in [2.05, 4.69) is 9.24 Å². The van der Waals surface area contributed by atoms with Crippen molar-refractivity contribution in [2.45, 2.75) is 25.6 Å². The zero-order valence-electron chi connectivity index (χ0n) is 5.04. The molecular weight excluding hydrogens is 123 g/mol. The molecule has 3 atom stereocenters. The Morgan fingerprint density at radius 1 is 1.50 bits per heavy atom. The maximum absolute atomic E-state index is 8.86. The molecule has 8 heavy (non-hydrogen) atoms. The second-order valence-electron chi connectivity index (χ2n) is 1.89. The van der Waals surface area contributed by atoms with Crippen LogP contribution in [-0.4, -0.2) is 28.6 Å². The molecule has 2 nitrogen and oxygen atoms in total. The summed E-state index contributed by atoms with van der Waals surface area (Å²) in [4.78, 5) is 0. The van der Waals surface area contributed by atoms with Crippen molar-refractivity contribution in [3.05, 3.63) is 0 Å². The fourth-order valence-electron chi connectivity index (χ4n) is 0.412. The van der Waals surface area contributed by atoms with E-state index in [-0.39, 0.29) is 0 Å². The largest absolute Gasteiger partial charge is 0.391 e. The van der Waals surface area contributed by atoms with Gasteiger partial charge < -0.3 is 10.2 Å². The molecule has 0 spiro atoms. The number of aliphatic hydroxyl groups excluding tert-OH is 2. The molecule has 0 saturated heterocycles. The van der Waals surface area contributed by atoms with Gasteiger partial charge in [0.05, 0.1) is 12.2 Å². The summed E-state index contributed by atoms with van der Waals surface area (Å²) in [7, 11) is 2.50. The van der Waals surface area contributed by atoms with Gasteiger partial charge in [0.25, 0.3) is 0 Å². The van der Waals surface area contributed by atoms with Crippen molar-refractivity contribution in [3.8, 4) is 0 Å². The summed E-state index contributed by atoms with van der Waals surface area (Å²) in [6.45, 7) is 1.59. The Balaban J connectivity index is 3.17. The van der Waals surface area contributed by atoms with Gasteiger partial charge in [0, 0.05) is 0 Å². The van der Waals surface area contributed by atoms with Crippen molar-refractivity contribution in [2.24, 2.45) is 0 Å². The molecule has 0 aromatic rings. The van der Waals surface area contributed by atoms with Crippen molar-refractivity contribution in [3.63, 3.8) is 0 Å². The van der Waals surface area contributed by atoms with E-state index < -0.39 is 12.2 Å². The first kappa shape index (κ1) is 8.35. The summed E-state index contributed by atoms with van der Waals surface area (Å²) in [6.07, 6.45) is 0.358. The minimum absolute atomic E-state index is 0.549. The third kappa shape index (κ3) is 3.36. The average molecular weight is 136 g/mol. The topological polar surface area (TPSA) is 40.5 Å². The van der Waals surface area contributed by atoms with Crippen LogP contribution in [0.1, 0.15) is 13.3 Å². The normalized spacial score (nSPS) is 18.0. The molecule has 0 fully saturated rings. The molecule has 0 aliphatic heterocycles. The minimum Gasteiger partial charge on any atom is -0.391 e. The Kier molecular flexibility index (Phi) is 4.44. The minimum atomic E-state index is -0.587. The van der Waals surface area contributed by atoms with E-state index in [1.54, 1.807) is 6.92 Å². The molecule has 0 bridgehead atoms. The third-order valence-corrected chi connectivity index (χ3v) is 1.35. The second kappa shape index (κ2) is 4.25. The maximum Gasteiger partial charge on any atom is 0.0799 e. The van der Waals surface area contributed by atoms with E-state index in [9.17, 15) is 0 Å². The van der Waals surface area contributed by atoms with Gasteiger partial charge in [0.2, 0.25) is 0 Å². The number of aliphatic hydroxyl groups is 2. The molecule has 3 unspecified atom stereocenters. The van der Waals surface area contributed by atoms with Crippen LogP contribution in [0.4, 0.5) is 0 Å². The first-order valence-corrected chi connectivity index (χ1v) is 3.56. The maximum atomic E-state index is 8.86. The Morgan fingerprint density at radius 2 is 2.00 bits per heavy atom. The lowest BCUT2D eigenvalue weighted by Crippen LogP contribution is -2.22. The van der Waals surface area contributed by atoms with Crippen LogP contribution in [0, 0.1) is 0 Å². The van der Waals surface area contributed by atoms with E-state index >= 15 is 0 Å². The van der Waals surface area contributed by atoms with Gasteiger partial charge in [-0.2, -0.15) is 0 Å². The molecule has 0 aliphatic rings. The van der Waals surface area contributed by atoms with Crippen LogP contribution < -0.4 is 0 Å². The summed E-state index contributed by atoms with van der Waals surface area (Å²) in [6, 6.07) is 0. The smallest absolute Gasteiger partial charge is 0.0799 e. The van der Waals surface area contributed by atoms with E-state index in [1.165, 1.54) is 0 Å². The van der Waals surface area contributed by atoms with Gasteiger partial charge in [-0.25, -0.2) is 0 Å². The van der Waals surface area contributed by atoms with Crippen LogP contribution in [0.15, 0.2) is 0 Å². The van der Waals surface area contributed by atoms with Gasteiger partial charge in [0.1, 0.15) is 0 Å². The second-order valence-corrected chi connectivity index (χ2v) is 2.46. The van der Waals surface area contributed by atoms with Crippen molar-refractivity contribution in [1.82, 2.24) is 0 Å². The monoisotopic (exact) mass is 136 g/mol. The third-order valence-electron chi connectivity index (χ3n) is 1.02. The van der Waals surface area contributed by atoms with Crippen molar-refractivity contribution in [2.75, 3.05) is 6.16 Å². The summed E-state index contributed by atoms with van der Waals surface area (Å²) in [5.74, 6) is 0.